The molecule has 0 aliphatic carbocycles. The van der Waals surface area contributed by atoms with Crippen molar-refractivity contribution in [3.8, 4) is 0 Å². The lowest BCUT2D eigenvalue weighted by Gasteiger charge is -2.06. The predicted molar refractivity (Wildman–Crippen MR) is 68.7 cm³/mol. The molecule has 0 aliphatic heterocycles. The molecule has 0 aliphatic rings. The van der Waals surface area contributed by atoms with Gasteiger partial charge >= 0.3 is 0 Å². The smallest absolute Gasteiger partial charge is 0.221 e. The Morgan fingerprint density at radius 3 is 2.82 bits per heavy atom. The molecular weight excluding hydrogens is 212 g/mol. The quantitative estimate of drug-likeness (QED) is 0.806. The zero-order valence-corrected chi connectivity index (χ0v) is 10.2. The zero-order valence-electron chi connectivity index (χ0n) is 10.2. The molecule has 1 amide bonds. The van der Waals surface area contributed by atoms with E-state index in [1.54, 1.807) is 0 Å². The third kappa shape index (κ3) is 2.44. The number of hydrogen-bond donors (Lipinski definition) is 1. The van der Waals surface area contributed by atoms with Crippen molar-refractivity contribution < 1.29 is 9.36 Å². The molecule has 0 saturated carbocycles. The highest BCUT2D eigenvalue weighted by atomic mass is 16.1. The van der Waals surface area contributed by atoms with Crippen LogP contribution in [0.3, 0.4) is 0 Å². The molecule has 1 heterocycles. The molecular formula is C14H17N2O+. The van der Waals surface area contributed by atoms with Gasteiger partial charge in [-0.2, -0.15) is 4.57 Å². The van der Waals surface area contributed by atoms with Gasteiger partial charge in [-0.3, -0.25) is 4.79 Å². The van der Waals surface area contributed by atoms with E-state index in [1.807, 2.05) is 24.3 Å². The summed E-state index contributed by atoms with van der Waals surface area (Å²) in [6, 6.07) is 10.0. The van der Waals surface area contributed by atoms with Crippen LogP contribution in [0.4, 0.5) is 5.69 Å². The first-order valence-electron chi connectivity index (χ1n) is 5.91. The number of carbonyl (C=O) groups is 1. The van der Waals surface area contributed by atoms with E-state index in [2.05, 4.69) is 29.1 Å². The summed E-state index contributed by atoms with van der Waals surface area (Å²) in [6.07, 6.45) is 3.16. The van der Waals surface area contributed by atoms with Gasteiger partial charge in [0, 0.05) is 25.5 Å². The summed E-state index contributed by atoms with van der Waals surface area (Å²) < 4.78 is 2.21. The molecule has 0 unspecified atom stereocenters. The fourth-order valence-electron chi connectivity index (χ4n) is 2.04. The Balaban J connectivity index is 2.57. The summed E-state index contributed by atoms with van der Waals surface area (Å²) in [5, 5.41) is 3.95. The van der Waals surface area contributed by atoms with Gasteiger partial charge in [-0.05, 0) is 12.1 Å². The number of anilines is 1. The van der Waals surface area contributed by atoms with E-state index in [4.69, 9.17) is 0 Å². The molecule has 1 aromatic heterocycles. The minimum Gasteiger partial charge on any atom is -0.326 e. The third-order valence-corrected chi connectivity index (χ3v) is 2.70. The Morgan fingerprint density at radius 1 is 1.29 bits per heavy atom. The van der Waals surface area contributed by atoms with Crippen LogP contribution in [0.25, 0.3) is 10.9 Å². The van der Waals surface area contributed by atoms with Gasteiger partial charge in [-0.1, -0.05) is 13.0 Å². The summed E-state index contributed by atoms with van der Waals surface area (Å²) in [6.45, 7) is 4.67. The first-order chi connectivity index (χ1) is 8.22. The molecule has 3 heteroatoms. The Morgan fingerprint density at radius 2 is 2.12 bits per heavy atom. The predicted octanol–water partition coefficient (Wildman–Crippen LogP) is 2.50. The number of benzene rings is 1. The van der Waals surface area contributed by atoms with Crippen molar-refractivity contribution in [3.63, 3.8) is 0 Å². The number of aromatic nitrogens is 1. The average Bonchev–Trinajstić information content (AvgIpc) is 2.30. The summed E-state index contributed by atoms with van der Waals surface area (Å²) in [5.41, 5.74) is 2.03. The standard InChI is InChI=1S/C14H16N2O/c1-3-9-16-10-5-6-12-13(15-11(2)17)7-4-8-14(12)16/h4-8,10H,3,9H2,1-2H3/p+1. The number of hydrogen-bond acceptors (Lipinski definition) is 1. The number of rotatable bonds is 3. The molecule has 17 heavy (non-hydrogen) atoms. The molecule has 0 bridgehead atoms. The van der Waals surface area contributed by atoms with Gasteiger partial charge in [-0.25, -0.2) is 0 Å². The molecule has 1 N–H and O–H groups in total. The summed E-state index contributed by atoms with van der Waals surface area (Å²) in [5.74, 6) is -0.0385. The maximum absolute atomic E-state index is 11.1. The van der Waals surface area contributed by atoms with Crippen molar-refractivity contribution in [2.24, 2.45) is 0 Å². The molecule has 0 spiro atoms. The van der Waals surface area contributed by atoms with Crippen molar-refractivity contribution in [3.05, 3.63) is 36.5 Å². The fourth-order valence-corrected chi connectivity index (χ4v) is 2.04. The van der Waals surface area contributed by atoms with E-state index in [1.165, 1.54) is 6.92 Å². The Labute approximate surface area is 101 Å². The van der Waals surface area contributed by atoms with E-state index in [0.717, 1.165) is 29.6 Å². The van der Waals surface area contributed by atoms with Gasteiger partial charge in [0.05, 0.1) is 11.1 Å². The van der Waals surface area contributed by atoms with E-state index >= 15 is 0 Å². The normalized spacial score (nSPS) is 10.5. The number of nitrogens with zero attached hydrogens (tertiary/aromatic N) is 1. The zero-order chi connectivity index (χ0) is 12.3. The van der Waals surface area contributed by atoms with Crippen LogP contribution in [0.15, 0.2) is 36.5 Å². The van der Waals surface area contributed by atoms with Gasteiger partial charge in [0.1, 0.15) is 6.54 Å². The number of nitrogens with one attached hydrogen (secondary N) is 1. The molecule has 3 nitrogen and oxygen atoms in total. The van der Waals surface area contributed by atoms with Crippen LogP contribution in [-0.4, -0.2) is 5.91 Å². The van der Waals surface area contributed by atoms with Gasteiger partial charge in [0.15, 0.2) is 6.20 Å². The first kappa shape index (κ1) is 11.6. The SMILES string of the molecule is CCC[n+]1cccc2c(NC(C)=O)cccc21. The number of carbonyl (C=O) groups excluding carboxylic acids is 1. The molecule has 88 valence electrons. The monoisotopic (exact) mass is 229 g/mol. The number of fused-ring (bicyclic) bond motifs is 1. The van der Waals surface area contributed by atoms with Gasteiger partial charge in [0.2, 0.25) is 11.4 Å². The van der Waals surface area contributed by atoms with E-state index < -0.39 is 0 Å². The first-order valence-corrected chi connectivity index (χ1v) is 5.91. The third-order valence-electron chi connectivity index (χ3n) is 2.70. The van der Waals surface area contributed by atoms with Crippen LogP contribution >= 0.6 is 0 Å². The van der Waals surface area contributed by atoms with Crippen LogP contribution in [0.2, 0.25) is 0 Å². The average molecular weight is 229 g/mol. The second-order valence-electron chi connectivity index (χ2n) is 4.12. The van der Waals surface area contributed by atoms with Gasteiger partial charge in [0.25, 0.3) is 0 Å². The highest BCUT2D eigenvalue weighted by molar-refractivity contribution is 5.99. The molecule has 0 atom stereocenters. The number of amides is 1. The van der Waals surface area contributed by atoms with E-state index in [0.29, 0.717) is 0 Å². The molecule has 0 fully saturated rings. The summed E-state index contributed by atoms with van der Waals surface area (Å²) >= 11 is 0. The largest absolute Gasteiger partial charge is 0.326 e. The van der Waals surface area contributed by atoms with E-state index in [-0.39, 0.29) is 5.91 Å². The lowest BCUT2D eigenvalue weighted by atomic mass is 10.1. The van der Waals surface area contributed by atoms with Crippen molar-refractivity contribution in [1.82, 2.24) is 0 Å². The minimum atomic E-state index is -0.0385. The fraction of sp³-hybridized carbons (Fsp3) is 0.286. The van der Waals surface area contributed by atoms with Crippen molar-refractivity contribution in [2.45, 2.75) is 26.8 Å². The minimum absolute atomic E-state index is 0.0385. The molecule has 0 radical (unpaired) electrons. The van der Waals surface area contributed by atoms with Crippen molar-refractivity contribution in [1.29, 1.82) is 0 Å². The lowest BCUT2D eigenvalue weighted by molar-refractivity contribution is -0.671. The summed E-state index contributed by atoms with van der Waals surface area (Å²) in [7, 11) is 0. The van der Waals surface area contributed by atoms with Crippen LogP contribution < -0.4 is 9.88 Å². The Bertz CT molecular complexity index is 549. The molecule has 0 saturated heterocycles. The van der Waals surface area contributed by atoms with Crippen LogP contribution in [0, 0.1) is 0 Å². The molecule has 2 aromatic rings. The highest BCUT2D eigenvalue weighted by Gasteiger charge is 2.10. The molecule has 2 rings (SSSR count). The van der Waals surface area contributed by atoms with Crippen molar-refractivity contribution >= 4 is 22.5 Å². The second kappa shape index (κ2) is 4.95. The maximum Gasteiger partial charge on any atom is 0.221 e. The lowest BCUT2D eigenvalue weighted by Crippen LogP contribution is -2.33. The second-order valence-corrected chi connectivity index (χ2v) is 4.12. The highest BCUT2D eigenvalue weighted by Crippen LogP contribution is 2.20. The Hall–Kier alpha value is -1.90. The molecule has 1 aromatic carbocycles. The van der Waals surface area contributed by atoms with Gasteiger partial charge < -0.3 is 5.32 Å². The number of pyridine rings is 1. The summed E-state index contributed by atoms with van der Waals surface area (Å²) in [4.78, 5) is 11.1. The number of aryl methyl sites for hydroxylation is 1. The maximum atomic E-state index is 11.1. The Kier molecular flexibility index (Phi) is 3.38. The van der Waals surface area contributed by atoms with Crippen LogP contribution in [0.5, 0.6) is 0 Å². The van der Waals surface area contributed by atoms with Crippen LogP contribution in [-0.2, 0) is 11.3 Å². The van der Waals surface area contributed by atoms with E-state index in [9.17, 15) is 4.79 Å². The van der Waals surface area contributed by atoms with Gasteiger partial charge in [-0.15, -0.1) is 0 Å². The van der Waals surface area contributed by atoms with Crippen molar-refractivity contribution in [2.75, 3.05) is 5.32 Å². The topological polar surface area (TPSA) is 33.0 Å². The van der Waals surface area contributed by atoms with Crippen LogP contribution in [0.1, 0.15) is 20.3 Å².